The quantitative estimate of drug-likeness (QED) is 0.527. The van der Waals surface area contributed by atoms with Crippen LogP contribution in [0.5, 0.6) is 0 Å². The molecule has 0 bridgehead atoms. The minimum Gasteiger partial charge on any atom is -0.329 e. The molecule has 3 aromatic rings. The summed E-state index contributed by atoms with van der Waals surface area (Å²) < 4.78 is 0. The van der Waals surface area contributed by atoms with Crippen molar-refractivity contribution in [3.63, 3.8) is 0 Å². The van der Waals surface area contributed by atoms with Crippen molar-refractivity contribution in [2.75, 3.05) is 0 Å². The Morgan fingerprint density at radius 1 is 0.714 bits per heavy atom. The molecule has 3 aromatic carbocycles. The topological polar surface area (TPSA) is 20.3 Å². The number of carbonyl (C=O) groups is 1. The zero-order valence-electron chi connectivity index (χ0n) is 17.1. The summed E-state index contributed by atoms with van der Waals surface area (Å²) in [6.45, 7) is 6.90. The molecule has 1 amide bonds. The van der Waals surface area contributed by atoms with E-state index in [1.165, 1.54) is 5.56 Å². The molecular formula is C26H29NO. The van der Waals surface area contributed by atoms with Crippen LogP contribution < -0.4 is 0 Å². The van der Waals surface area contributed by atoms with Gasteiger partial charge in [-0.15, -0.1) is 0 Å². The fraction of sp³-hybridized carbons (Fsp3) is 0.269. The first kappa shape index (κ1) is 19.9. The third-order valence-corrected chi connectivity index (χ3v) is 5.01. The highest BCUT2D eigenvalue weighted by Gasteiger charge is 2.28. The number of hydrogen-bond acceptors (Lipinski definition) is 1. The maximum absolute atomic E-state index is 13.6. The van der Waals surface area contributed by atoms with Crippen LogP contribution in [-0.2, 0) is 19.4 Å². The lowest BCUT2D eigenvalue weighted by Gasteiger charge is -2.36. The summed E-state index contributed by atoms with van der Waals surface area (Å²) in [5, 5.41) is 0. The van der Waals surface area contributed by atoms with E-state index in [2.05, 4.69) is 63.2 Å². The molecule has 0 aliphatic heterocycles. The first-order chi connectivity index (χ1) is 13.4. The van der Waals surface area contributed by atoms with Crippen LogP contribution in [0.3, 0.4) is 0 Å². The van der Waals surface area contributed by atoms with Crippen molar-refractivity contribution in [1.29, 1.82) is 0 Å². The van der Waals surface area contributed by atoms with Crippen molar-refractivity contribution in [1.82, 2.24) is 4.90 Å². The minimum absolute atomic E-state index is 0.0972. The van der Waals surface area contributed by atoms with Crippen LogP contribution in [0, 0.1) is 0 Å². The summed E-state index contributed by atoms with van der Waals surface area (Å²) in [5.74, 6) is 0.0972. The Morgan fingerprint density at radius 2 is 1.25 bits per heavy atom. The first-order valence-corrected chi connectivity index (χ1v) is 9.93. The van der Waals surface area contributed by atoms with E-state index in [4.69, 9.17) is 0 Å². The predicted octanol–water partition coefficient (Wildman–Crippen LogP) is 5.91. The molecule has 28 heavy (non-hydrogen) atoms. The van der Waals surface area contributed by atoms with Gasteiger partial charge in [-0.2, -0.15) is 0 Å². The van der Waals surface area contributed by atoms with Gasteiger partial charge in [0.05, 0.1) is 0 Å². The van der Waals surface area contributed by atoms with Crippen molar-refractivity contribution >= 4 is 5.91 Å². The summed E-state index contributed by atoms with van der Waals surface area (Å²) in [4.78, 5) is 15.5. The van der Waals surface area contributed by atoms with E-state index in [0.29, 0.717) is 6.54 Å². The molecule has 0 spiro atoms. The Labute approximate surface area is 168 Å². The number of nitrogens with zero attached hydrogens (tertiary/aromatic N) is 1. The van der Waals surface area contributed by atoms with Gasteiger partial charge in [0.1, 0.15) is 0 Å². The van der Waals surface area contributed by atoms with Gasteiger partial charge in [-0.05, 0) is 56.4 Å². The van der Waals surface area contributed by atoms with E-state index in [-0.39, 0.29) is 11.4 Å². The molecule has 0 aliphatic rings. The Morgan fingerprint density at radius 3 is 1.86 bits per heavy atom. The fourth-order valence-electron chi connectivity index (χ4n) is 3.40. The summed E-state index contributed by atoms with van der Waals surface area (Å²) >= 11 is 0. The van der Waals surface area contributed by atoms with Gasteiger partial charge in [-0.25, -0.2) is 0 Å². The second kappa shape index (κ2) is 8.88. The van der Waals surface area contributed by atoms with Gasteiger partial charge in [-0.3, -0.25) is 4.79 Å². The lowest BCUT2D eigenvalue weighted by atomic mass is 9.96. The lowest BCUT2D eigenvalue weighted by Crippen LogP contribution is -2.45. The van der Waals surface area contributed by atoms with Crippen molar-refractivity contribution in [3.05, 3.63) is 107 Å². The fourth-order valence-corrected chi connectivity index (χ4v) is 3.40. The Balaban J connectivity index is 1.84. The van der Waals surface area contributed by atoms with Crippen LogP contribution in [0.25, 0.3) is 0 Å². The molecule has 0 fully saturated rings. The molecule has 2 nitrogen and oxygen atoms in total. The SMILES string of the molecule is CC(C)(C)N(Cc1ccccc1)C(=O)c1ccccc1CCc1ccccc1. The number of hydrogen-bond donors (Lipinski definition) is 0. The highest BCUT2D eigenvalue weighted by atomic mass is 16.2. The van der Waals surface area contributed by atoms with E-state index < -0.39 is 0 Å². The Hall–Kier alpha value is -2.87. The van der Waals surface area contributed by atoms with E-state index >= 15 is 0 Å². The smallest absolute Gasteiger partial charge is 0.254 e. The molecule has 0 unspecified atom stereocenters. The van der Waals surface area contributed by atoms with Crippen molar-refractivity contribution < 1.29 is 4.79 Å². The zero-order valence-corrected chi connectivity index (χ0v) is 17.1. The highest BCUT2D eigenvalue weighted by molar-refractivity contribution is 5.96. The third kappa shape index (κ3) is 5.10. The second-order valence-electron chi connectivity index (χ2n) is 8.19. The van der Waals surface area contributed by atoms with Crippen molar-refractivity contribution in [3.8, 4) is 0 Å². The second-order valence-corrected chi connectivity index (χ2v) is 8.19. The summed E-state index contributed by atoms with van der Waals surface area (Å²) in [5.41, 5.74) is 4.09. The molecule has 0 heterocycles. The number of aryl methyl sites for hydroxylation is 2. The van der Waals surface area contributed by atoms with Crippen LogP contribution in [0.1, 0.15) is 47.8 Å². The van der Waals surface area contributed by atoms with Gasteiger partial charge < -0.3 is 4.90 Å². The molecule has 0 atom stereocenters. The van der Waals surface area contributed by atoms with Gasteiger partial charge in [0.25, 0.3) is 5.91 Å². The normalized spacial score (nSPS) is 11.2. The van der Waals surface area contributed by atoms with Crippen LogP contribution in [0.15, 0.2) is 84.9 Å². The third-order valence-electron chi connectivity index (χ3n) is 5.01. The van der Waals surface area contributed by atoms with Crippen LogP contribution in [-0.4, -0.2) is 16.3 Å². The maximum Gasteiger partial charge on any atom is 0.254 e. The molecule has 0 aliphatic carbocycles. The van der Waals surface area contributed by atoms with Gasteiger partial charge in [0.2, 0.25) is 0 Å². The van der Waals surface area contributed by atoms with Crippen molar-refractivity contribution in [2.45, 2.75) is 45.7 Å². The maximum atomic E-state index is 13.6. The number of rotatable bonds is 6. The van der Waals surface area contributed by atoms with Crippen molar-refractivity contribution in [2.24, 2.45) is 0 Å². The highest BCUT2D eigenvalue weighted by Crippen LogP contribution is 2.23. The van der Waals surface area contributed by atoms with E-state index in [1.807, 2.05) is 47.4 Å². The molecule has 0 N–H and O–H groups in total. The molecule has 0 saturated carbocycles. The molecular weight excluding hydrogens is 342 g/mol. The summed E-state index contributed by atoms with van der Waals surface area (Å²) in [6, 6.07) is 28.7. The summed E-state index contributed by atoms with van der Waals surface area (Å²) in [7, 11) is 0. The molecule has 0 saturated heterocycles. The number of benzene rings is 3. The standard InChI is InChI=1S/C26H29NO/c1-26(2,3)27(20-22-14-8-5-9-15-22)25(28)24-17-11-10-16-23(24)19-18-21-12-6-4-7-13-21/h4-17H,18-20H2,1-3H3. The van der Waals surface area contributed by atoms with E-state index in [1.54, 1.807) is 0 Å². The van der Waals surface area contributed by atoms with Crippen LogP contribution in [0.4, 0.5) is 0 Å². The molecule has 2 heteroatoms. The Kier molecular flexibility index (Phi) is 6.30. The minimum atomic E-state index is -0.264. The van der Waals surface area contributed by atoms with Gasteiger partial charge in [-0.1, -0.05) is 78.9 Å². The Bertz CT molecular complexity index is 894. The average molecular weight is 372 g/mol. The first-order valence-electron chi connectivity index (χ1n) is 9.93. The van der Waals surface area contributed by atoms with Crippen LogP contribution >= 0.6 is 0 Å². The molecule has 0 aromatic heterocycles. The molecule has 3 rings (SSSR count). The van der Waals surface area contributed by atoms with Gasteiger partial charge >= 0.3 is 0 Å². The van der Waals surface area contributed by atoms with Gasteiger partial charge in [0.15, 0.2) is 0 Å². The van der Waals surface area contributed by atoms with Gasteiger partial charge in [0, 0.05) is 17.6 Å². The number of carbonyl (C=O) groups excluding carboxylic acids is 1. The zero-order chi connectivity index (χ0) is 20.0. The molecule has 0 radical (unpaired) electrons. The average Bonchev–Trinajstić information content (AvgIpc) is 2.71. The lowest BCUT2D eigenvalue weighted by molar-refractivity contribution is 0.0558. The number of amides is 1. The summed E-state index contributed by atoms with van der Waals surface area (Å²) in [6.07, 6.45) is 1.79. The molecule has 144 valence electrons. The van der Waals surface area contributed by atoms with Crippen LogP contribution in [0.2, 0.25) is 0 Å². The monoisotopic (exact) mass is 371 g/mol. The largest absolute Gasteiger partial charge is 0.329 e. The van der Waals surface area contributed by atoms with E-state index in [9.17, 15) is 4.79 Å². The van der Waals surface area contributed by atoms with E-state index in [0.717, 1.165) is 29.5 Å². The predicted molar refractivity (Wildman–Crippen MR) is 116 cm³/mol.